The van der Waals surface area contributed by atoms with Gasteiger partial charge < -0.3 is 9.84 Å². The lowest BCUT2D eigenvalue weighted by Gasteiger charge is -2.12. The van der Waals surface area contributed by atoms with E-state index in [9.17, 15) is 0 Å². The minimum Gasteiger partial charge on any atom is -0.490 e. The number of ether oxygens (including phenoxy) is 1. The van der Waals surface area contributed by atoms with Crippen LogP contribution in [0, 0.1) is 0 Å². The molecule has 0 radical (unpaired) electrons. The highest BCUT2D eigenvalue weighted by Gasteiger charge is 2.15. The Labute approximate surface area is 121 Å². The Balaban J connectivity index is 0.000000160. The Morgan fingerprint density at radius 3 is 1.90 bits per heavy atom. The minimum absolute atomic E-state index is 0.140. The predicted molar refractivity (Wildman–Crippen MR) is 81.7 cm³/mol. The van der Waals surface area contributed by atoms with Crippen molar-refractivity contribution in [3.63, 3.8) is 0 Å². The molecule has 2 heteroatoms. The molecule has 2 nitrogen and oxygen atoms in total. The van der Waals surface area contributed by atoms with Gasteiger partial charge in [0, 0.05) is 0 Å². The van der Waals surface area contributed by atoms with E-state index >= 15 is 0 Å². The summed E-state index contributed by atoms with van der Waals surface area (Å²) in [6.45, 7) is 0.140. The Bertz CT molecular complexity index is 461. The zero-order valence-corrected chi connectivity index (χ0v) is 11.7. The van der Waals surface area contributed by atoms with Gasteiger partial charge in [0.1, 0.15) is 5.75 Å². The van der Waals surface area contributed by atoms with E-state index in [-0.39, 0.29) is 6.61 Å². The zero-order valence-electron chi connectivity index (χ0n) is 11.7. The van der Waals surface area contributed by atoms with Gasteiger partial charge >= 0.3 is 0 Å². The van der Waals surface area contributed by atoms with E-state index in [1.807, 2.05) is 60.7 Å². The first kappa shape index (κ1) is 14.6. The molecule has 3 rings (SSSR count). The van der Waals surface area contributed by atoms with E-state index in [0.717, 1.165) is 11.3 Å². The van der Waals surface area contributed by atoms with Crippen molar-refractivity contribution in [3.05, 3.63) is 66.2 Å². The molecule has 20 heavy (non-hydrogen) atoms. The number of aliphatic hydroxyl groups excluding tert-OH is 1. The molecule has 0 aromatic heterocycles. The lowest BCUT2D eigenvalue weighted by Crippen LogP contribution is -2.10. The third-order valence-corrected chi connectivity index (χ3v) is 3.37. The summed E-state index contributed by atoms with van der Waals surface area (Å²) in [5.74, 6) is 1.02. The number of benzene rings is 2. The SMILES string of the molecule is OCc1ccccc1.c1ccc(OC2CCCC2)cc1. The summed E-state index contributed by atoms with van der Waals surface area (Å²) in [6, 6.07) is 19.6. The van der Waals surface area contributed by atoms with Crippen LogP contribution in [0.15, 0.2) is 60.7 Å². The second kappa shape index (κ2) is 8.39. The van der Waals surface area contributed by atoms with Crippen LogP contribution >= 0.6 is 0 Å². The first-order chi connectivity index (χ1) is 9.88. The van der Waals surface area contributed by atoms with Crippen LogP contribution < -0.4 is 4.74 Å². The van der Waals surface area contributed by atoms with E-state index in [4.69, 9.17) is 9.84 Å². The van der Waals surface area contributed by atoms with Crippen LogP contribution in [0.1, 0.15) is 31.2 Å². The van der Waals surface area contributed by atoms with Gasteiger partial charge in [-0.3, -0.25) is 0 Å². The summed E-state index contributed by atoms with van der Waals surface area (Å²) in [7, 11) is 0. The highest BCUT2D eigenvalue weighted by Crippen LogP contribution is 2.23. The number of hydrogen-bond acceptors (Lipinski definition) is 2. The molecule has 0 spiro atoms. The summed E-state index contributed by atoms with van der Waals surface area (Å²) < 4.78 is 5.78. The second-order valence-corrected chi connectivity index (χ2v) is 4.98. The van der Waals surface area contributed by atoms with Crippen molar-refractivity contribution in [2.45, 2.75) is 38.4 Å². The van der Waals surface area contributed by atoms with Crippen molar-refractivity contribution in [2.24, 2.45) is 0 Å². The molecule has 2 aromatic carbocycles. The van der Waals surface area contributed by atoms with Crippen molar-refractivity contribution >= 4 is 0 Å². The summed E-state index contributed by atoms with van der Waals surface area (Å²) in [4.78, 5) is 0. The predicted octanol–water partition coefficient (Wildman–Crippen LogP) is 4.19. The smallest absolute Gasteiger partial charge is 0.119 e. The van der Waals surface area contributed by atoms with Gasteiger partial charge in [-0.15, -0.1) is 0 Å². The van der Waals surface area contributed by atoms with E-state index in [0.29, 0.717) is 6.10 Å². The van der Waals surface area contributed by atoms with Crippen LogP contribution in [-0.4, -0.2) is 11.2 Å². The van der Waals surface area contributed by atoms with Crippen LogP contribution in [-0.2, 0) is 6.61 Å². The molecule has 0 bridgehead atoms. The third-order valence-electron chi connectivity index (χ3n) is 3.37. The van der Waals surface area contributed by atoms with Gasteiger partial charge in [0.15, 0.2) is 0 Å². The molecular formula is C18H22O2. The van der Waals surface area contributed by atoms with E-state index in [1.54, 1.807) is 0 Å². The summed E-state index contributed by atoms with van der Waals surface area (Å²) in [6.07, 6.45) is 5.60. The van der Waals surface area contributed by atoms with Crippen molar-refractivity contribution < 1.29 is 9.84 Å². The molecule has 106 valence electrons. The van der Waals surface area contributed by atoms with Crippen molar-refractivity contribution in [1.29, 1.82) is 0 Å². The molecule has 2 aromatic rings. The van der Waals surface area contributed by atoms with Gasteiger partial charge in [-0.1, -0.05) is 48.5 Å². The molecule has 0 saturated heterocycles. The van der Waals surface area contributed by atoms with Crippen LogP contribution in [0.4, 0.5) is 0 Å². The highest BCUT2D eigenvalue weighted by molar-refractivity contribution is 5.21. The van der Waals surface area contributed by atoms with Gasteiger partial charge in [-0.05, 0) is 43.4 Å². The van der Waals surface area contributed by atoms with Gasteiger partial charge in [0.25, 0.3) is 0 Å². The lowest BCUT2D eigenvalue weighted by molar-refractivity contribution is 0.210. The van der Waals surface area contributed by atoms with Crippen molar-refractivity contribution in [3.8, 4) is 5.75 Å². The average molecular weight is 270 g/mol. The Morgan fingerprint density at radius 2 is 1.40 bits per heavy atom. The monoisotopic (exact) mass is 270 g/mol. The molecule has 1 saturated carbocycles. The first-order valence-electron chi connectivity index (χ1n) is 7.25. The van der Waals surface area contributed by atoms with Crippen LogP contribution in [0.3, 0.4) is 0 Å². The van der Waals surface area contributed by atoms with Crippen LogP contribution in [0.5, 0.6) is 5.75 Å². The molecular weight excluding hydrogens is 248 g/mol. The molecule has 1 N–H and O–H groups in total. The number of aliphatic hydroxyl groups is 1. The quantitative estimate of drug-likeness (QED) is 0.906. The molecule has 0 unspecified atom stereocenters. The van der Waals surface area contributed by atoms with E-state index in [1.165, 1.54) is 25.7 Å². The highest BCUT2D eigenvalue weighted by atomic mass is 16.5. The number of hydrogen-bond donors (Lipinski definition) is 1. The van der Waals surface area contributed by atoms with Gasteiger partial charge in [-0.25, -0.2) is 0 Å². The maximum Gasteiger partial charge on any atom is 0.119 e. The van der Waals surface area contributed by atoms with E-state index < -0.39 is 0 Å². The Hall–Kier alpha value is -1.80. The fourth-order valence-corrected chi connectivity index (χ4v) is 2.28. The maximum absolute atomic E-state index is 8.54. The average Bonchev–Trinajstić information content (AvgIpc) is 3.03. The zero-order chi connectivity index (χ0) is 14.0. The number of rotatable bonds is 3. The molecule has 1 fully saturated rings. The van der Waals surface area contributed by atoms with Crippen LogP contribution in [0.2, 0.25) is 0 Å². The first-order valence-corrected chi connectivity index (χ1v) is 7.25. The second-order valence-electron chi connectivity index (χ2n) is 4.98. The standard InChI is InChI=1S/C11H14O.C7H8O/c1-2-6-10(7-3-1)12-11-8-4-5-9-11;8-6-7-4-2-1-3-5-7/h1-3,6-7,11H,4-5,8-9H2;1-5,8H,6H2. The third kappa shape index (κ3) is 5.06. The fraction of sp³-hybridized carbons (Fsp3) is 0.333. The molecule has 0 atom stereocenters. The largest absolute Gasteiger partial charge is 0.490 e. The van der Waals surface area contributed by atoms with Gasteiger partial charge in [0.2, 0.25) is 0 Å². The topological polar surface area (TPSA) is 29.5 Å². The molecule has 0 aliphatic heterocycles. The van der Waals surface area contributed by atoms with Gasteiger partial charge in [-0.2, -0.15) is 0 Å². The molecule has 0 amide bonds. The molecule has 0 heterocycles. The lowest BCUT2D eigenvalue weighted by atomic mass is 10.2. The Morgan fingerprint density at radius 1 is 0.850 bits per heavy atom. The van der Waals surface area contributed by atoms with Gasteiger partial charge in [0.05, 0.1) is 12.7 Å². The summed E-state index contributed by atoms with van der Waals surface area (Å²) >= 11 is 0. The minimum atomic E-state index is 0.140. The summed E-state index contributed by atoms with van der Waals surface area (Å²) in [5, 5.41) is 8.54. The molecule has 1 aliphatic rings. The van der Waals surface area contributed by atoms with Crippen molar-refractivity contribution in [1.82, 2.24) is 0 Å². The normalized spacial score (nSPS) is 14.4. The number of para-hydroxylation sites is 1. The van der Waals surface area contributed by atoms with Crippen molar-refractivity contribution in [2.75, 3.05) is 0 Å². The van der Waals surface area contributed by atoms with Crippen LogP contribution in [0.25, 0.3) is 0 Å². The Kier molecular flexibility index (Phi) is 6.12. The maximum atomic E-state index is 8.54. The van der Waals surface area contributed by atoms with E-state index in [2.05, 4.69) is 0 Å². The molecule has 1 aliphatic carbocycles. The summed E-state index contributed by atoms with van der Waals surface area (Å²) in [5.41, 5.74) is 0.965. The fourth-order valence-electron chi connectivity index (χ4n) is 2.28.